The van der Waals surface area contributed by atoms with E-state index < -0.39 is 31.1 Å². The van der Waals surface area contributed by atoms with Gasteiger partial charge in [-0.2, -0.15) is 26.3 Å². The number of halogens is 6. The van der Waals surface area contributed by atoms with Crippen LogP contribution in [0.25, 0.3) is 0 Å². The maximum Gasteiger partial charge on any atom is 0.828 e. The molecule has 2 heterocycles. The monoisotopic (exact) mass is 358 g/mol. The van der Waals surface area contributed by atoms with Crippen molar-refractivity contribution in [1.82, 2.24) is 19.9 Å². The van der Waals surface area contributed by atoms with Crippen LogP contribution in [-0.4, -0.2) is 32.2 Å². The lowest BCUT2D eigenvalue weighted by Crippen LogP contribution is -2.42. The Hall–Kier alpha value is -2.38. The molecule has 0 bridgehead atoms. The quantitative estimate of drug-likeness (QED) is 0.658. The number of hydrogen-bond acceptors (Lipinski definition) is 5. The second-order valence-corrected chi connectivity index (χ2v) is 4.60. The minimum Gasteiger partial charge on any atom is -0.393 e. The molecule has 2 aromatic heterocycles. The second kappa shape index (κ2) is 5.92. The molecule has 0 spiro atoms. The van der Waals surface area contributed by atoms with Crippen molar-refractivity contribution in [1.29, 1.82) is 0 Å². The molecule has 2 rings (SSSR count). The Morgan fingerprint density at radius 2 is 1.21 bits per heavy atom. The molecule has 0 amide bonds. The van der Waals surface area contributed by atoms with E-state index in [0.717, 1.165) is 0 Å². The van der Waals surface area contributed by atoms with Crippen molar-refractivity contribution in [3.05, 3.63) is 34.9 Å². The van der Waals surface area contributed by atoms with Crippen molar-refractivity contribution in [2.45, 2.75) is 26.2 Å². The van der Waals surface area contributed by atoms with Crippen LogP contribution in [0, 0.1) is 13.8 Å². The molecule has 14 heteroatoms. The van der Waals surface area contributed by atoms with Crippen LogP contribution in [0.2, 0.25) is 0 Å². The summed E-state index contributed by atoms with van der Waals surface area (Å²) in [6.45, 7) is 2.41. The summed E-state index contributed by atoms with van der Waals surface area (Å²) in [6, 6.07) is 1.29. The summed E-state index contributed by atoms with van der Waals surface area (Å²) in [6.07, 6.45) is -9.46. The molecule has 0 unspecified atom stereocenters. The lowest BCUT2D eigenvalue weighted by molar-refractivity contribution is -0.142. The first-order valence-corrected chi connectivity index (χ1v) is 6.18. The minimum atomic E-state index is -4.73. The van der Waals surface area contributed by atoms with Gasteiger partial charge in [0.1, 0.15) is 0 Å². The Morgan fingerprint density at radius 3 is 1.46 bits per heavy atom. The highest BCUT2D eigenvalue weighted by Gasteiger charge is 2.37. The van der Waals surface area contributed by atoms with E-state index in [9.17, 15) is 31.4 Å². The molecule has 0 aliphatic rings. The van der Waals surface area contributed by atoms with E-state index in [-0.39, 0.29) is 11.4 Å². The van der Waals surface area contributed by atoms with E-state index in [1.807, 2.05) is 0 Å². The fourth-order valence-electron chi connectivity index (χ4n) is 1.60. The molecule has 0 atom stereocenters. The Bertz CT molecular complexity index is 665. The molecular weight excluding hydrogens is 349 g/mol. The summed E-state index contributed by atoms with van der Waals surface area (Å²) in [5.74, 6) is 0. The van der Waals surface area contributed by atoms with Gasteiger partial charge in [-0.15, -0.1) is 19.9 Å². The van der Waals surface area contributed by atoms with E-state index >= 15 is 0 Å². The van der Waals surface area contributed by atoms with Crippen LogP contribution >= 0.6 is 0 Å². The van der Waals surface area contributed by atoms with Crippen LogP contribution in [0.15, 0.2) is 12.1 Å². The van der Waals surface area contributed by atoms with Gasteiger partial charge in [0.25, 0.3) is 0 Å². The standard InChI is InChI=1S/C10H9BF6N4O3/c1-5-3-7(9(12,13)14)18-20(5)23-11(22)24-21-6(2)4-8(19-21)10(15,16)17/h3-4,22H,1-2H3. The number of aromatic nitrogens is 4. The molecular formula is C10H9BF6N4O3. The van der Waals surface area contributed by atoms with Gasteiger partial charge < -0.3 is 14.5 Å². The Kier molecular flexibility index (Phi) is 4.43. The molecule has 132 valence electrons. The van der Waals surface area contributed by atoms with Crippen molar-refractivity contribution in [2.24, 2.45) is 0 Å². The van der Waals surface area contributed by atoms with Gasteiger partial charge >= 0.3 is 19.7 Å². The Balaban J connectivity index is 2.10. The van der Waals surface area contributed by atoms with Crippen molar-refractivity contribution in [3.63, 3.8) is 0 Å². The van der Waals surface area contributed by atoms with Crippen LogP contribution in [0.4, 0.5) is 26.3 Å². The molecule has 7 nitrogen and oxygen atoms in total. The maximum atomic E-state index is 12.5. The molecule has 0 saturated heterocycles. The molecule has 24 heavy (non-hydrogen) atoms. The summed E-state index contributed by atoms with van der Waals surface area (Å²) in [7, 11) is -2.26. The Labute approximate surface area is 130 Å². The zero-order chi connectivity index (χ0) is 18.3. The topological polar surface area (TPSA) is 74.3 Å². The molecule has 0 aliphatic carbocycles. The average molecular weight is 358 g/mol. The van der Waals surface area contributed by atoms with Crippen LogP contribution in [0.5, 0.6) is 0 Å². The summed E-state index contributed by atoms with van der Waals surface area (Å²) in [5.41, 5.74) is -2.81. The third-order valence-electron chi connectivity index (χ3n) is 2.65. The van der Waals surface area contributed by atoms with Crippen LogP contribution in [-0.2, 0) is 12.4 Å². The minimum absolute atomic E-state index is 0.127. The predicted molar refractivity (Wildman–Crippen MR) is 65.1 cm³/mol. The zero-order valence-corrected chi connectivity index (χ0v) is 12.1. The SMILES string of the molecule is Cc1cc(C(F)(F)F)nn1OB(O)On1nc(C(F)(F)F)cc1C. The first-order chi connectivity index (χ1) is 10.9. The smallest absolute Gasteiger partial charge is 0.393 e. The number of rotatable bonds is 4. The molecule has 0 aliphatic heterocycles. The van der Waals surface area contributed by atoms with Gasteiger partial charge in [0.2, 0.25) is 0 Å². The number of nitrogens with zero attached hydrogens (tertiary/aromatic N) is 4. The molecule has 1 N–H and O–H groups in total. The van der Waals surface area contributed by atoms with E-state index in [1.165, 1.54) is 13.8 Å². The Morgan fingerprint density at radius 1 is 0.875 bits per heavy atom. The van der Waals surface area contributed by atoms with Crippen molar-refractivity contribution < 1.29 is 40.9 Å². The first-order valence-electron chi connectivity index (χ1n) is 6.18. The molecule has 0 aromatic carbocycles. The molecule has 0 fully saturated rings. The summed E-state index contributed by atoms with van der Waals surface area (Å²) in [5, 5.41) is 15.6. The normalized spacial score (nSPS) is 12.4. The first kappa shape index (κ1) is 18.0. The van der Waals surface area contributed by atoms with Gasteiger partial charge in [0.15, 0.2) is 11.4 Å². The maximum absolute atomic E-state index is 12.5. The largest absolute Gasteiger partial charge is 0.828 e. The second-order valence-electron chi connectivity index (χ2n) is 4.60. The highest BCUT2D eigenvalue weighted by molar-refractivity contribution is 6.35. The van der Waals surface area contributed by atoms with Gasteiger partial charge in [0, 0.05) is 0 Å². The van der Waals surface area contributed by atoms with Crippen LogP contribution in [0.1, 0.15) is 22.8 Å². The highest BCUT2D eigenvalue weighted by Crippen LogP contribution is 2.29. The van der Waals surface area contributed by atoms with Gasteiger partial charge in [-0.3, -0.25) is 0 Å². The number of hydrogen-bond donors (Lipinski definition) is 1. The van der Waals surface area contributed by atoms with Gasteiger partial charge in [-0.25, -0.2) is 0 Å². The summed E-state index contributed by atoms with van der Waals surface area (Å²) in [4.78, 5) is 0.661. The third kappa shape index (κ3) is 3.93. The van der Waals surface area contributed by atoms with E-state index in [4.69, 9.17) is 0 Å². The van der Waals surface area contributed by atoms with E-state index in [1.54, 1.807) is 0 Å². The van der Waals surface area contributed by atoms with Crippen molar-refractivity contribution in [2.75, 3.05) is 0 Å². The fraction of sp³-hybridized carbons (Fsp3) is 0.400. The predicted octanol–water partition coefficient (Wildman–Crippen LogP) is 1.27. The number of alkyl halides is 6. The average Bonchev–Trinajstić information content (AvgIpc) is 2.94. The van der Waals surface area contributed by atoms with Crippen LogP contribution in [0.3, 0.4) is 0 Å². The van der Waals surface area contributed by atoms with Gasteiger partial charge in [-0.05, 0) is 26.0 Å². The zero-order valence-electron chi connectivity index (χ0n) is 12.1. The molecule has 0 radical (unpaired) electrons. The summed E-state index contributed by atoms with van der Waals surface area (Å²) >= 11 is 0. The van der Waals surface area contributed by atoms with Crippen molar-refractivity contribution >= 4 is 7.32 Å². The van der Waals surface area contributed by atoms with Gasteiger partial charge in [0.05, 0.1) is 11.4 Å². The van der Waals surface area contributed by atoms with Gasteiger partial charge in [-0.1, -0.05) is 0 Å². The fourth-order valence-corrected chi connectivity index (χ4v) is 1.60. The van der Waals surface area contributed by atoms with Crippen LogP contribution < -0.4 is 9.51 Å². The highest BCUT2D eigenvalue weighted by atomic mass is 19.4. The van der Waals surface area contributed by atoms with Crippen molar-refractivity contribution in [3.8, 4) is 0 Å². The summed E-state index contributed by atoms with van der Waals surface area (Å²) < 4.78 is 84.1. The van der Waals surface area contributed by atoms with E-state index in [2.05, 4.69) is 19.7 Å². The third-order valence-corrected chi connectivity index (χ3v) is 2.65. The number of aryl methyl sites for hydroxylation is 2. The van der Waals surface area contributed by atoms with E-state index in [0.29, 0.717) is 21.8 Å². The lowest BCUT2D eigenvalue weighted by Gasteiger charge is -2.11. The lowest BCUT2D eigenvalue weighted by atomic mass is 10.3. The molecule has 0 saturated carbocycles. The molecule has 2 aromatic rings.